The van der Waals surface area contributed by atoms with Gasteiger partial charge in [0.15, 0.2) is 5.82 Å². The van der Waals surface area contributed by atoms with Gasteiger partial charge in [0, 0.05) is 30.9 Å². The van der Waals surface area contributed by atoms with E-state index in [1.165, 1.54) is 11.3 Å². The number of benzene rings is 1. The Morgan fingerprint density at radius 1 is 1.16 bits per heavy atom. The standard InChI is InChI=1S/C24H26Cl2N4O/c1-15-22(17-5-2-6-18(25)21(17)26)29-20(14-31)23(28-15)30-10-7-24(8-11-30)12-16-4-3-9-27-19(16)13-24/h2-6,27,31H,7-14H2,1H3. The van der Waals surface area contributed by atoms with Crippen LogP contribution >= 0.6 is 23.2 Å². The van der Waals surface area contributed by atoms with E-state index in [0.717, 1.165) is 62.4 Å². The van der Waals surface area contributed by atoms with Gasteiger partial charge >= 0.3 is 0 Å². The van der Waals surface area contributed by atoms with Gasteiger partial charge in [0.2, 0.25) is 0 Å². The smallest absolute Gasteiger partial charge is 0.153 e. The molecule has 1 saturated heterocycles. The number of aryl methyl sites for hydroxylation is 1. The molecule has 0 amide bonds. The van der Waals surface area contributed by atoms with Crippen LogP contribution < -0.4 is 10.2 Å². The van der Waals surface area contributed by atoms with E-state index in [1.54, 1.807) is 6.07 Å². The minimum absolute atomic E-state index is 0.167. The number of aromatic nitrogens is 2. The zero-order valence-corrected chi connectivity index (χ0v) is 19.1. The maximum absolute atomic E-state index is 10.1. The summed E-state index contributed by atoms with van der Waals surface area (Å²) in [7, 11) is 0. The van der Waals surface area contributed by atoms with Gasteiger partial charge in [-0.1, -0.05) is 47.5 Å². The average Bonchev–Trinajstić information content (AvgIpc) is 3.14. The lowest BCUT2D eigenvalue weighted by Crippen LogP contribution is -2.40. The van der Waals surface area contributed by atoms with Crippen LogP contribution in [0.3, 0.4) is 0 Å². The van der Waals surface area contributed by atoms with Crippen molar-refractivity contribution >= 4 is 29.0 Å². The van der Waals surface area contributed by atoms with E-state index in [1.807, 2.05) is 19.1 Å². The molecule has 3 heterocycles. The summed E-state index contributed by atoms with van der Waals surface area (Å²) in [4.78, 5) is 11.9. The molecule has 1 aromatic heterocycles. The second kappa shape index (κ2) is 8.12. The maximum Gasteiger partial charge on any atom is 0.153 e. The topological polar surface area (TPSA) is 61.3 Å². The van der Waals surface area contributed by atoms with Crippen molar-refractivity contribution in [1.29, 1.82) is 0 Å². The van der Waals surface area contributed by atoms with Gasteiger partial charge in [0.25, 0.3) is 0 Å². The van der Waals surface area contributed by atoms with Gasteiger partial charge in [0.05, 0.1) is 28.0 Å². The van der Waals surface area contributed by atoms with Crippen LogP contribution in [0.25, 0.3) is 11.3 Å². The molecule has 7 heteroatoms. The second-order valence-corrected chi connectivity index (χ2v) is 9.60. The molecule has 31 heavy (non-hydrogen) atoms. The van der Waals surface area contributed by atoms with Crippen molar-refractivity contribution in [3.05, 3.63) is 63.1 Å². The summed E-state index contributed by atoms with van der Waals surface area (Å²) in [5.41, 5.74) is 6.03. The van der Waals surface area contributed by atoms with E-state index in [0.29, 0.717) is 26.8 Å². The lowest BCUT2D eigenvalue weighted by atomic mass is 9.75. The summed E-state index contributed by atoms with van der Waals surface area (Å²) >= 11 is 12.6. The van der Waals surface area contributed by atoms with Crippen LogP contribution in [0, 0.1) is 12.3 Å². The molecule has 2 N–H and O–H groups in total. The highest BCUT2D eigenvalue weighted by molar-refractivity contribution is 6.43. The highest BCUT2D eigenvalue weighted by atomic mass is 35.5. The predicted molar refractivity (Wildman–Crippen MR) is 125 cm³/mol. The van der Waals surface area contributed by atoms with Crippen molar-refractivity contribution in [3.63, 3.8) is 0 Å². The van der Waals surface area contributed by atoms with Crippen molar-refractivity contribution in [2.45, 2.75) is 39.2 Å². The number of aliphatic hydroxyl groups is 1. The van der Waals surface area contributed by atoms with Gasteiger partial charge in [-0.15, -0.1) is 0 Å². The first-order valence-corrected chi connectivity index (χ1v) is 11.6. The average molecular weight is 457 g/mol. The van der Waals surface area contributed by atoms with Gasteiger partial charge in [-0.3, -0.25) is 0 Å². The Morgan fingerprint density at radius 3 is 2.71 bits per heavy atom. The van der Waals surface area contributed by atoms with Crippen LogP contribution in [0.15, 0.2) is 41.6 Å². The molecule has 2 aromatic rings. The first kappa shape index (κ1) is 20.8. The number of hydrogen-bond acceptors (Lipinski definition) is 5. The monoisotopic (exact) mass is 456 g/mol. The summed E-state index contributed by atoms with van der Waals surface area (Å²) in [6.07, 6.45) is 9.04. The minimum atomic E-state index is -0.167. The number of nitrogens with zero attached hydrogens (tertiary/aromatic N) is 3. The molecular weight excluding hydrogens is 431 g/mol. The van der Waals surface area contributed by atoms with Crippen molar-refractivity contribution in [2.75, 3.05) is 24.5 Å². The van der Waals surface area contributed by atoms with Crippen molar-refractivity contribution in [1.82, 2.24) is 15.3 Å². The van der Waals surface area contributed by atoms with Crippen molar-refractivity contribution in [2.24, 2.45) is 5.41 Å². The number of rotatable bonds is 3. The van der Waals surface area contributed by atoms with Gasteiger partial charge in [-0.25, -0.2) is 9.97 Å². The number of allylic oxidation sites excluding steroid dienone is 3. The third-order valence-corrected chi connectivity index (χ3v) is 7.68. The third kappa shape index (κ3) is 3.73. The van der Waals surface area contributed by atoms with E-state index in [-0.39, 0.29) is 6.61 Å². The molecule has 0 atom stereocenters. The molecule has 0 radical (unpaired) electrons. The van der Waals surface area contributed by atoms with E-state index >= 15 is 0 Å². The van der Waals surface area contributed by atoms with E-state index < -0.39 is 0 Å². The first-order chi connectivity index (χ1) is 15.0. The van der Waals surface area contributed by atoms with Gasteiger partial charge in [-0.05, 0) is 49.7 Å². The highest BCUT2D eigenvalue weighted by Gasteiger charge is 2.41. The lowest BCUT2D eigenvalue weighted by Gasteiger charge is -2.40. The number of dihydropyridines is 1. The van der Waals surface area contributed by atoms with Crippen molar-refractivity contribution < 1.29 is 5.11 Å². The molecule has 3 aliphatic rings. The number of nitrogens with one attached hydrogen (secondary N) is 1. The number of hydrogen-bond donors (Lipinski definition) is 2. The molecular formula is C24H26Cl2N4O. The molecule has 162 valence electrons. The van der Waals surface area contributed by atoms with E-state index in [4.69, 9.17) is 33.2 Å². The highest BCUT2D eigenvalue weighted by Crippen LogP contribution is 2.49. The predicted octanol–water partition coefficient (Wildman–Crippen LogP) is 5.05. The van der Waals surface area contributed by atoms with E-state index in [2.05, 4.69) is 22.4 Å². The zero-order valence-electron chi connectivity index (χ0n) is 17.6. The first-order valence-electron chi connectivity index (χ1n) is 10.8. The summed E-state index contributed by atoms with van der Waals surface area (Å²) < 4.78 is 0. The molecule has 2 aliphatic heterocycles. The Kier molecular flexibility index (Phi) is 5.45. The minimum Gasteiger partial charge on any atom is -0.390 e. The van der Waals surface area contributed by atoms with Crippen LogP contribution in [-0.2, 0) is 6.61 Å². The third-order valence-electron chi connectivity index (χ3n) is 6.86. The Hall–Kier alpha value is -2.08. The van der Waals surface area contributed by atoms with Crippen LogP contribution in [-0.4, -0.2) is 34.7 Å². The summed E-state index contributed by atoms with van der Waals surface area (Å²) in [5.74, 6) is 0.783. The summed E-state index contributed by atoms with van der Waals surface area (Å²) in [6, 6.07) is 5.48. The van der Waals surface area contributed by atoms with E-state index in [9.17, 15) is 5.11 Å². The van der Waals surface area contributed by atoms with Crippen LogP contribution in [0.4, 0.5) is 5.82 Å². The molecule has 0 bridgehead atoms. The number of anilines is 1. The van der Waals surface area contributed by atoms with Gasteiger partial charge in [0.1, 0.15) is 5.69 Å². The molecule has 1 fully saturated rings. The lowest BCUT2D eigenvalue weighted by molar-refractivity contribution is 0.228. The van der Waals surface area contributed by atoms with Crippen LogP contribution in [0.2, 0.25) is 10.0 Å². The fraction of sp³-hybridized carbons (Fsp3) is 0.417. The number of halogens is 2. The zero-order chi connectivity index (χ0) is 21.6. The summed E-state index contributed by atoms with van der Waals surface area (Å²) in [6.45, 7) is 4.55. The molecule has 1 spiro atoms. The fourth-order valence-corrected chi connectivity index (χ4v) is 5.56. The summed E-state index contributed by atoms with van der Waals surface area (Å²) in [5, 5.41) is 14.6. The quantitative estimate of drug-likeness (QED) is 0.676. The Balaban J connectivity index is 1.38. The molecule has 1 aliphatic carbocycles. The normalized spacial score (nSPS) is 19.7. The van der Waals surface area contributed by atoms with Gasteiger partial charge in [-0.2, -0.15) is 0 Å². The Labute approximate surface area is 192 Å². The SMILES string of the molecule is Cc1nc(N2CCC3(CC2)CC2=C(C3)NCC=C2)c(CO)nc1-c1cccc(Cl)c1Cl. The number of aliphatic hydroxyl groups excluding tert-OH is 1. The molecule has 0 saturated carbocycles. The van der Waals surface area contributed by atoms with Crippen LogP contribution in [0.5, 0.6) is 0 Å². The second-order valence-electron chi connectivity index (χ2n) is 8.82. The largest absolute Gasteiger partial charge is 0.390 e. The van der Waals surface area contributed by atoms with Gasteiger partial charge < -0.3 is 15.3 Å². The number of piperidine rings is 1. The molecule has 1 aromatic carbocycles. The molecule has 5 nitrogen and oxygen atoms in total. The van der Waals surface area contributed by atoms with Crippen molar-refractivity contribution in [3.8, 4) is 11.3 Å². The fourth-order valence-electron chi connectivity index (χ4n) is 5.17. The molecule has 5 rings (SSSR count). The molecule has 0 unspecified atom stereocenters. The Bertz CT molecular complexity index is 1090. The Morgan fingerprint density at radius 2 is 1.97 bits per heavy atom. The van der Waals surface area contributed by atoms with Crippen LogP contribution in [0.1, 0.15) is 37.1 Å². The maximum atomic E-state index is 10.1.